The van der Waals surface area contributed by atoms with Crippen LogP contribution in [0.25, 0.3) is 10.9 Å². The van der Waals surface area contributed by atoms with Gasteiger partial charge >= 0.3 is 5.69 Å². The van der Waals surface area contributed by atoms with E-state index in [1.165, 1.54) is 6.20 Å². The number of aromatic nitrogens is 2. The van der Waals surface area contributed by atoms with Gasteiger partial charge in [0.15, 0.2) is 11.5 Å². The zero-order valence-electron chi connectivity index (χ0n) is 13.3. The molecule has 2 N–H and O–H groups in total. The van der Waals surface area contributed by atoms with Gasteiger partial charge in [0.25, 0.3) is 0 Å². The van der Waals surface area contributed by atoms with Gasteiger partial charge in [-0.05, 0) is 12.5 Å². The minimum Gasteiger partial charge on any atom is -0.493 e. The van der Waals surface area contributed by atoms with Crippen LogP contribution in [-0.4, -0.2) is 49.0 Å². The topological polar surface area (TPSA) is 85.5 Å². The summed E-state index contributed by atoms with van der Waals surface area (Å²) in [6.07, 6.45) is 2.34. The minimum absolute atomic E-state index is 0.0302. The molecular formula is C16H21N3O4. The van der Waals surface area contributed by atoms with E-state index in [9.17, 15) is 4.79 Å². The number of hydrogen-bond acceptors (Lipinski definition) is 6. The Morgan fingerprint density at radius 1 is 1.43 bits per heavy atom. The molecule has 0 radical (unpaired) electrons. The number of aromatic amines is 1. The zero-order valence-corrected chi connectivity index (χ0v) is 13.3. The van der Waals surface area contributed by atoms with E-state index >= 15 is 0 Å². The van der Waals surface area contributed by atoms with Gasteiger partial charge in [-0.1, -0.05) is 6.92 Å². The third kappa shape index (κ3) is 3.46. The monoisotopic (exact) mass is 319 g/mol. The average Bonchev–Trinajstić information content (AvgIpc) is 2.59. The summed E-state index contributed by atoms with van der Waals surface area (Å²) < 4.78 is 17.1. The van der Waals surface area contributed by atoms with Gasteiger partial charge in [-0.15, -0.1) is 0 Å². The molecule has 0 aliphatic carbocycles. The molecule has 1 fully saturated rings. The summed E-state index contributed by atoms with van der Waals surface area (Å²) in [6, 6.07) is 3.73. The normalized spacial score (nSPS) is 19.5. The van der Waals surface area contributed by atoms with E-state index in [0.29, 0.717) is 23.6 Å². The molecule has 0 bridgehead atoms. The Morgan fingerprint density at radius 3 is 3.00 bits per heavy atom. The van der Waals surface area contributed by atoms with Crippen molar-refractivity contribution in [2.45, 2.75) is 25.5 Å². The number of ether oxygens (including phenoxy) is 3. The first-order valence-corrected chi connectivity index (χ1v) is 7.76. The standard InChI is InChI=1S/C16H21N3O4/c1-3-13(12-9-22-5-4-17-12)23-15-6-10-8-18-16(20)19-11(10)7-14(15)21-2/h6-8,12-13,17H,3-5,9H2,1-2H3,(H,18,19,20). The number of hydrogen-bond donors (Lipinski definition) is 2. The number of methoxy groups -OCH3 is 1. The van der Waals surface area contributed by atoms with Gasteiger partial charge in [0, 0.05) is 24.2 Å². The van der Waals surface area contributed by atoms with E-state index in [0.717, 1.165) is 25.0 Å². The maximum Gasteiger partial charge on any atom is 0.345 e. The molecule has 2 atom stereocenters. The molecule has 7 nitrogen and oxygen atoms in total. The van der Waals surface area contributed by atoms with Gasteiger partial charge in [0.05, 0.1) is 31.9 Å². The van der Waals surface area contributed by atoms with Crippen molar-refractivity contribution >= 4 is 10.9 Å². The molecule has 23 heavy (non-hydrogen) atoms. The fourth-order valence-electron chi connectivity index (χ4n) is 2.76. The molecule has 1 saturated heterocycles. The predicted molar refractivity (Wildman–Crippen MR) is 86.2 cm³/mol. The molecular weight excluding hydrogens is 298 g/mol. The number of nitrogens with zero attached hydrogens (tertiary/aromatic N) is 1. The van der Waals surface area contributed by atoms with Crippen molar-refractivity contribution in [2.75, 3.05) is 26.9 Å². The summed E-state index contributed by atoms with van der Waals surface area (Å²) in [5.74, 6) is 1.21. The molecule has 1 aliphatic rings. The Bertz CT molecular complexity index is 725. The van der Waals surface area contributed by atoms with Gasteiger partial charge in [-0.2, -0.15) is 0 Å². The third-order valence-corrected chi connectivity index (χ3v) is 3.98. The molecule has 2 heterocycles. The fraction of sp³-hybridized carbons (Fsp3) is 0.500. The first-order valence-electron chi connectivity index (χ1n) is 7.76. The largest absolute Gasteiger partial charge is 0.493 e. The lowest BCUT2D eigenvalue weighted by Gasteiger charge is -2.31. The number of nitrogens with one attached hydrogen (secondary N) is 2. The van der Waals surface area contributed by atoms with Crippen molar-refractivity contribution in [3.63, 3.8) is 0 Å². The number of rotatable bonds is 5. The quantitative estimate of drug-likeness (QED) is 0.858. The lowest BCUT2D eigenvalue weighted by Crippen LogP contribution is -2.50. The number of morpholine rings is 1. The molecule has 124 valence electrons. The van der Waals surface area contributed by atoms with Crippen LogP contribution in [0.5, 0.6) is 11.5 Å². The van der Waals surface area contributed by atoms with E-state index in [1.54, 1.807) is 13.2 Å². The van der Waals surface area contributed by atoms with Crippen molar-refractivity contribution in [1.82, 2.24) is 15.3 Å². The predicted octanol–water partition coefficient (Wildman–Crippen LogP) is 1.08. The second-order valence-electron chi connectivity index (χ2n) is 5.48. The molecule has 2 unspecified atom stereocenters. The smallest absolute Gasteiger partial charge is 0.345 e. The van der Waals surface area contributed by atoms with E-state index in [1.807, 2.05) is 6.07 Å². The first-order chi connectivity index (χ1) is 11.2. The van der Waals surface area contributed by atoms with Crippen molar-refractivity contribution in [3.05, 3.63) is 28.8 Å². The van der Waals surface area contributed by atoms with Crippen LogP contribution >= 0.6 is 0 Å². The Kier molecular flexibility index (Phi) is 4.78. The molecule has 0 spiro atoms. The van der Waals surface area contributed by atoms with Crippen LogP contribution in [0.3, 0.4) is 0 Å². The first kappa shape index (κ1) is 15.8. The summed E-state index contributed by atoms with van der Waals surface area (Å²) in [4.78, 5) is 17.8. The van der Waals surface area contributed by atoms with Crippen LogP contribution in [0.2, 0.25) is 0 Å². The highest BCUT2D eigenvalue weighted by Crippen LogP contribution is 2.32. The van der Waals surface area contributed by atoms with E-state index in [-0.39, 0.29) is 17.8 Å². The highest BCUT2D eigenvalue weighted by Gasteiger charge is 2.25. The number of benzene rings is 1. The van der Waals surface area contributed by atoms with Crippen LogP contribution < -0.4 is 20.5 Å². The molecule has 0 amide bonds. The van der Waals surface area contributed by atoms with Gasteiger partial charge < -0.3 is 24.5 Å². The zero-order chi connectivity index (χ0) is 16.2. The molecule has 3 rings (SSSR count). The highest BCUT2D eigenvalue weighted by molar-refractivity contribution is 5.81. The van der Waals surface area contributed by atoms with Crippen molar-refractivity contribution in [1.29, 1.82) is 0 Å². The second-order valence-corrected chi connectivity index (χ2v) is 5.48. The van der Waals surface area contributed by atoms with Crippen LogP contribution in [0, 0.1) is 0 Å². The molecule has 7 heteroatoms. The molecule has 2 aromatic rings. The Labute approximate surface area is 134 Å². The maximum atomic E-state index is 11.3. The van der Waals surface area contributed by atoms with E-state index < -0.39 is 0 Å². The van der Waals surface area contributed by atoms with Gasteiger partial charge in [-0.3, -0.25) is 0 Å². The Morgan fingerprint density at radius 2 is 2.30 bits per heavy atom. The lowest BCUT2D eigenvalue weighted by molar-refractivity contribution is 0.0259. The van der Waals surface area contributed by atoms with E-state index in [2.05, 4.69) is 22.2 Å². The van der Waals surface area contributed by atoms with Gasteiger partial charge in [0.2, 0.25) is 0 Å². The van der Waals surface area contributed by atoms with Crippen LogP contribution in [0.15, 0.2) is 23.1 Å². The summed E-state index contributed by atoms with van der Waals surface area (Å²) in [5, 5.41) is 4.22. The lowest BCUT2D eigenvalue weighted by atomic mass is 10.1. The highest BCUT2D eigenvalue weighted by atomic mass is 16.5. The Balaban J connectivity index is 1.90. The SMILES string of the molecule is CCC(Oc1cc2cnc(=O)[nH]c2cc1OC)C1COCCN1. The van der Waals surface area contributed by atoms with Crippen LogP contribution in [0.1, 0.15) is 13.3 Å². The number of H-pyrrole nitrogens is 1. The van der Waals surface area contributed by atoms with Crippen molar-refractivity contribution in [3.8, 4) is 11.5 Å². The van der Waals surface area contributed by atoms with Gasteiger partial charge in [0.1, 0.15) is 6.10 Å². The van der Waals surface area contributed by atoms with E-state index in [4.69, 9.17) is 14.2 Å². The molecule has 1 aromatic heterocycles. The van der Waals surface area contributed by atoms with Gasteiger partial charge in [-0.25, -0.2) is 9.78 Å². The summed E-state index contributed by atoms with van der Waals surface area (Å²) in [7, 11) is 1.58. The third-order valence-electron chi connectivity index (χ3n) is 3.98. The summed E-state index contributed by atoms with van der Waals surface area (Å²) in [5.41, 5.74) is 0.282. The number of fused-ring (bicyclic) bond motifs is 1. The Hall–Kier alpha value is -2.12. The van der Waals surface area contributed by atoms with Crippen LogP contribution in [0.4, 0.5) is 0 Å². The summed E-state index contributed by atoms with van der Waals surface area (Å²) in [6.45, 7) is 4.26. The second kappa shape index (κ2) is 6.97. The average molecular weight is 319 g/mol. The maximum absolute atomic E-state index is 11.3. The minimum atomic E-state index is -0.386. The van der Waals surface area contributed by atoms with Crippen LogP contribution in [-0.2, 0) is 4.74 Å². The molecule has 0 saturated carbocycles. The van der Waals surface area contributed by atoms with Crippen molar-refractivity contribution < 1.29 is 14.2 Å². The summed E-state index contributed by atoms with van der Waals surface area (Å²) >= 11 is 0. The molecule has 1 aromatic carbocycles. The van der Waals surface area contributed by atoms with Crippen molar-refractivity contribution in [2.24, 2.45) is 0 Å². The fourth-order valence-corrected chi connectivity index (χ4v) is 2.76. The molecule has 1 aliphatic heterocycles.